The van der Waals surface area contributed by atoms with E-state index < -0.39 is 17.0 Å². The van der Waals surface area contributed by atoms with E-state index in [2.05, 4.69) is 22.6 Å². The molecule has 21 heavy (non-hydrogen) atoms. The van der Waals surface area contributed by atoms with Gasteiger partial charge in [0.1, 0.15) is 6.10 Å². The molecule has 5 nitrogen and oxygen atoms in total. The van der Waals surface area contributed by atoms with E-state index in [1.54, 1.807) is 31.2 Å². The molecule has 0 spiro atoms. The minimum atomic E-state index is -0.562. The van der Waals surface area contributed by atoms with Crippen LogP contribution in [-0.4, -0.2) is 10.9 Å². The summed E-state index contributed by atoms with van der Waals surface area (Å²) < 4.78 is 6.17. The molecule has 0 heterocycles. The van der Waals surface area contributed by atoms with Crippen LogP contribution in [0.25, 0.3) is 0 Å². The summed E-state index contributed by atoms with van der Waals surface area (Å²) in [6, 6.07) is 13.2. The predicted molar refractivity (Wildman–Crippen MR) is 86.1 cm³/mol. The first-order chi connectivity index (χ1) is 9.99. The van der Waals surface area contributed by atoms with Gasteiger partial charge in [-0.1, -0.05) is 24.3 Å². The minimum Gasteiger partial charge on any atom is -0.454 e. The van der Waals surface area contributed by atoms with Crippen LogP contribution in [0.3, 0.4) is 0 Å². The molecule has 0 fully saturated rings. The summed E-state index contributed by atoms with van der Waals surface area (Å²) in [6.45, 7) is 1.69. The van der Waals surface area contributed by atoms with E-state index in [-0.39, 0.29) is 5.69 Å². The van der Waals surface area contributed by atoms with Crippen molar-refractivity contribution in [2.45, 2.75) is 13.0 Å². The molecule has 0 aliphatic heterocycles. The Labute approximate surface area is 135 Å². The first-order valence-electron chi connectivity index (χ1n) is 6.19. The lowest BCUT2D eigenvalue weighted by Gasteiger charge is -2.14. The van der Waals surface area contributed by atoms with Crippen molar-refractivity contribution >= 4 is 34.2 Å². The zero-order valence-corrected chi connectivity index (χ0v) is 13.3. The Kier molecular flexibility index (Phi) is 4.89. The molecule has 1 unspecified atom stereocenters. The number of hydrogen-bond donors (Lipinski definition) is 0. The van der Waals surface area contributed by atoms with Crippen molar-refractivity contribution in [2.24, 2.45) is 0 Å². The highest BCUT2D eigenvalue weighted by Gasteiger charge is 2.17. The average molecular weight is 397 g/mol. The molecule has 6 heteroatoms. The molecule has 2 rings (SSSR count). The van der Waals surface area contributed by atoms with Crippen LogP contribution in [0.2, 0.25) is 0 Å². The fourth-order valence-corrected chi connectivity index (χ4v) is 2.42. The van der Waals surface area contributed by atoms with Gasteiger partial charge < -0.3 is 4.74 Å². The Morgan fingerprint density at radius 1 is 1.24 bits per heavy atom. The molecule has 0 aliphatic rings. The van der Waals surface area contributed by atoms with E-state index >= 15 is 0 Å². The lowest BCUT2D eigenvalue weighted by molar-refractivity contribution is -0.385. The highest BCUT2D eigenvalue weighted by molar-refractivity contribution is 14.1. The number of halogens is 1. The number of esters is 1. The van der Waals surface area contributed by atoms with E-state index in [1.165, 1.54) is 12.1 Å². The fourth-order valence-electron chi connectivity index (χ4n) is 1.81. The molecule has 0 saturated carbocycles. The summed E-state index contributed by atoms with van der Waals surface area (Å²) in [5.41, 5.74) is 1.04. The predicted octanol–water partition coefficient (Wildman–Crippen LogP) is 4.12. The first kappa shape index (κ1) is 15.4. The van der Waals surface area contributed by atoms with E-state index in [9.17, 15) is 14.9 Å². The second kappa shape index (κ2) is 6.66. The Morgan fingerprint density at radius 3 is 2.62 bits per heavy atom. The topological polar surface area (TPSA) is 69.4 Å². The summed E-state index contributed by atoms with van der Waals surface area (Å²) in [7, 11) is 0. The van der Waals surface area contributed by atoms with Crippen LogP contribution in [0.4, 0.5) is 5.69 Å². The van der Waals surface area contributed by atoms with Gasteiger partial charge in [0.25, 0.3) is 5.69 Å². The standard InChI is InChI=1S/C15H12INO4/c1-10(11-5-4-6-12(9-11)17(19)20)21-15(18)13-7-2-3-8-14(13)16/h2-10H,1H3. The molecule has 0 N–H and O–H groups in total. The summed E-state index contributed by atoms with van der Waals surface area (Å²) in [4.78, 5) is 22.4. The number of nitro groups is 1. The second-order valence-electron chi connectivity index (χ2n) is 4.38. The quantitative estimate of drug-likeness (QED) is 0.337. The number of nitrogens with zero attached hydrogens (tertiary/aromatic N) is 1. The summed E-state index contributed by atoms with van der Waals surface area (Å²) in [5, 5.41) is 10.8. The van der Waals surface area contributed by atoms with E-state index in [0.717, 1.165) is 3.57 Å². The van der Waals surface area contributed by atoms with Crippen molar-refractivity contribution in [1.82, 2.24) is 0 Å². The zero-order chi connectivity index (χ0) is 15.4. The number of ether oxygens (including phenoxy) is 1. The van der Waals surface area contributed by atoms with E-state index in [4.69, 9.17) is 4.74 Å². The third-order valence-corrected chi connectivity index (χ3v) is 3.87. The first-order valence-corrected chi connectivity index (χ1v) is 7.27. The van der Waals surface area contributed by atoms with E-state index in [1.807, 2.05) is 12.1 Å². The maximum atomic E-state index is 12.1. The molecule has 0 saturated heterocycles. The van der Waals surface area contributed by atoms with Crippen molar-refractivity contribution in [2.75, 3.05) is 0 Å². The number of carbonyl (C=O) groups excluding carboxylic acids is 1. The van der Waals surface area contributed by atoms with Crippen LogP contribution < -0.4 is 0 Å². The molecule has 0 aliphatic carbocycles. The van der Waals surface area contributed by atoms with Gasteiger partial charge in [-0.15, -0.1) is 0 Å². The van der Waals surface area contributed by atoms with Gasteiger partial charge in [-0.3, -0.25) is 10.1 Å². The lowest BCUT2D eigenvalue weighted by atomic mass is 10.1. The van der Waals surface area contributed by atoms with Crippen molar-refractivity contribution in [3.8, 4) is 0 Å². The molecule has 0 bridgehead atoms. The number of non-ortho nitro benzene ring substituents is 1. The SMILES string of the molecule is CC(OC(=O)c1ccccc1I)c1cccc([N+](=O)[O-])c1. The minimum absolute atomic E-state index is 0.0234. The van der Waals surface area contributed by atoms with Gasteiger partial charge in [0.15, 0.2) is 0 Å². The highest BCUT2D eigenvalue weighted by Crippen LogP contribution is 2.23. The molecule has 0 aromatic heterocycles. The van der Waals surface area contributed by atoms with Crippen LogP contribution in [0.5, 0.6) is 0 Å². The molecule has 108 valence electrons. The Balaban J connectivity index is 2.16. The Bertz CT molecular complexity index is 687. The van der Waals surface area contributed by atoms with Crippen molar-refractivity contribution < 1.29 is 14.5 Å². The third kappa shape index (κ3) is 3.78. The maximum Gasteiger partial charge on any atom is 0.339 e. The van der Waals surface area contributed by atoms with Crippen LogP contribution >= 0.6 is 22.6 Å². The second-order valence-corrected chi connectivity index (χ2v) is 5.54. The lowest BCUT2D eigenvalue weighted by Crippen LogP contribution is -2.10. The average Bonchev–Trinajstić information content (AvgIpc) is 2.47. The Hall–Kier alpha value is -1.96. The highest BCUT2D eigenvalue weighted by atomic mass is 127. The van der Waals surface area contributed by atoms with Gasteiger partial charge in [-0.25, -0.2) is 4.79 Å². The molecule has 0 amide bonds. The van der Waals surface area contributed by atoms with Crippen molar-refractivity contribution in [3.05, 3.63) is 73.3 Å². The summed E-state index contributed by atoms with van der Waals surface area (Å²) in [6.07, 6.45) is -0.562. The van der Waals surface area contributed by atoms with Gasteiger partial charge in [0.05, 0.1) is 10.5 Å². The molecule has 2 aromatic carbocycles. The van der Waals surface area contributed by atoms with Gasteiger partial charge in [-0.05, 0) is 47.2 Å². The van der Waals surface area contributed by atoms with E-state index in [0.29, 0.717) is 11.1 Å². The largest absolute Gasteiger partial charge is 0.454 e. The maximum absolute atomic E-state index is 12.1. The molecular weight excluding hydrogens is 385 g/mol. The molecule has 2 aromatic rings. The monoisotopic (exact) mass is 397 g/mol. The van der Waals surface area contributed by atoms with Crippen LogP contribution in [0.15, 0.2) is 48.5 Å². The number of nitro benzene ring substituents is 1. The third-order valence-electron chi connectivity index (χ3n) is 2.93. The van der Waals surface area contributed by atoms with Crippen molar-refractivity contribution in [1.29, 1.82) is 0 Å². The fraction of sp³-hybridized carbons (Fsp3) is 0.133. The molecule has 0 radical (unpaired) electrons. The zero-order valence-electron chi connectivity index (χ0n) is 11.2. The number of carbonyl (C=O) groups is 1. The molecule has 1 atom stereocenters. The normalized spacial score (nSPS) is 11.7. The summed E-state index contributed by atoms with van der Waals surface area (Å²) in [5.74, 6) is -0.445. The van der Waals surface area contributed by atoms with Gasteiger partial charge >= 0.3 is 5.97 Å². The van der Waals surface area contributed by atoms with Crippen molar-refractivity contribution in [3.63, 3.8) is 0 Å². The van der Waals surface area contributed by atoms with Crippen LogP contribution in [0, 0.1) is 13.7 Å². The smallest absolute Gasteiger partial charge is 0.339 e. The van der Waals surface area contributed by atoms with Gasteiger partial charge in [0, 0.05) is 15.7 Å². The molecular formula is C15H12INO4. The summed E-state index contributed by atoms with van der Waals surface area (Å²) >= 11 is 2.06. The number of rotatable bonds is 4. The number of hydrogen-bond acceptors (Lipinski definition) is 4. The number of benzene rings is 2. The van der Waals surface area contributed by atoms with Gasteiger partial charge in [-0.2, -0.15) is 0 Å². The van der Waals surface area contributed by atoms with Gasteiger partial charge in [0.2, 0.25) is 0 Å². The van der Waals surface area contributed by atoms with Crippen LogP contribution in [-0.2, 0) is 4.74 Å². The Morgan fingerprint density at radius 2 is 1.95 bits per heavy atom. The van der Waals surface area contributed by atoms with Crippen LogP contribution in [0.1, 0.15) is 28.9 Å².